The third-order valence-corrected chi connectivity index (χ3v) is 2.62. The molecule has 0 bridgehead atoms. The first-order chi connectivity index (χ1) is 10.5. The zero-order valence-electron chi connectivity index (χ0n) is 12.5. The summed E-state index contributed by atoms with van der Waals surface area (Å²) in [6.07, 6.45) is 0. The van der Waals surface area contributed by atoms with Crippen molar-refractivity contribution in [3.63, 3.8) is 0 Å². The van der Waals surface area contributed by atoms with Gasteiger partial charge in [0.05, 0.1) is 28.0 Å². The van der Waals surface area contributed by atoms with E-state index in [0.29, 0.717) is 5.75 Å². The molecule has 0 spiro atoms. The first-order valence-electron chi connectivity index (χ1n) is 6.65. The molecular formula is C15H16N2O5. The van der Waals surface area contributed by atoms with Crippen LogP contribution in [0.2, 0.25) is 0 Å². The first-order valence-corrected chi connectivity index (χ1v) is 6.65. The maximum atomic E-state index is 10.8. The van der Waals surface area contributed by atoms with Crippen LogP contribution >= 0.6 is 0 Å². The van der Waals surface area contributed by atoms with Crippen LogP contribution in [0.1, 0.15) is 19.4 Å². The van der Waals surface area contributed by atoms with E-state index in [4.69, 9.17) is 4.74 Å². The molecule has 2 aromatic rings. The Morgan fingerprint density at radius 1 is 0.909 bits per heavy atom. The van der Waals surface area contributed by atoms with Gasteiger partial charge in [-0.15, -0.1) is 0 Å². The van der Waals surface area contributed by atoms with Crippen molar-refractivity contribution >= 4 is 11.4 Å². The lowest BCUT2D eigenvalue weighted by atomic mass is 10.2. The SMILES string of the molecule is CC.Cc1ccccc1Oc1cc([N+](=O)[O-])cc([N+](=O)[O-])c1. The number of hydrogen-bond acceptors (Lipinski definition) is 5. The molecule has 0 saturated heterocycles. The molecule has 2 aromatic carbocycles. The molecule has 7 heteroatoms. The van der Waals surface area contributed by atoms with E-state index < -0.39 is 9.85 Å². The van der Waals surface area contributed by atoms with Gasteiger partial charge in [0.1, 0.15) is 11.5 Å². The minimum atomic E-state index is -0.697. The van der Waals surface area contributed by atoms with E-state index in [2.05, 4.69) is 0 Å². The highest BCUT2D eigenvalue weighted by molar-refractivity contribution is 5.51. The van der Waals surface area contributed by atoms with Crippen molar-refractivity contribution in [1.29, 1.82) is 0 Å². The molecule has 0 atom stereocenters. The van der Waals surface area contributed by atoms with Crippen molar-refractivity contribution in [1.82, 2.24) is 0 Å². The van der Waals surface area contributed by atoms with Crippen molar-refractivity contribution in [3.05, 3.63) is 68.3 Å². The van der Waals surface area contributed by atoms with E-state index >= 15 is 0 Å². The van der Waals surface area contributed by atoms with Gasteiger partial charge in [0.2, 0.25) is 0 Å². The van der Waals surface area contributed by atoms with E-state index in [-0.39, 0.29) is 17.1 Å². The maximum Gasteiger partial charge on any atom is 0.280 e. The van der Waals surface area contributed by atoms with Crippen LogP contribution < -0.4 is 4.74 Å². The molecule has 0 fully saturated rings. The van der Waals surface area contributed by atoms with Crippen LogP contribution in [0.3, 0.4) is 0 Å². The molecular weight excluding hydrogens is 288 g/mol. The molecule has 0 amide bonds. The van der Waals surface area contributed by atoms with E-state index in [1.54, 1.807) is 25.1 Å². The van der Waals surface area contributed by atoms with Gasteiger partial charge >= 0.3 is 0 Å². The molecule has 0 N–H and O–H groups in total. The Morgan fingerprint density at radius 2 is 1.41 bits per heavy atom. The predicted molar refractivity (Wildman–Crippen MR) is 82.4 cm³/mol. The van der Waals surface area contributed by atoms with Gasteiger partial charge in [0.25, 0.3) is 11.4 Å². The van der Waals surface area contributed by atoms with Crippen molar-refractivity contribution in [2.24, 2.45) is 0 Å². The van der Waals surface area contributed by atoms with E-state index in [1.165, 1.54) is 0 Å². The van der Waals surface area contributed by atoms with Gasteiger partial charge in [-0.25, -0.2) is 0 Å². The summed E-state index contributed by atoms with van der Waals surface area (Å²) in [6, 6.07) is 10.2. The van der Waals surface area contributed by atoms with Gasteiger partial charge in [-0.1, -0.05) is 32.0 Å². The zero-order valence-corrected chi connectivity index (χ0v) is 12.5. The number of non-ortho nitro benzene ring substituents is 2. The highest BCUT2D eigenvalue weighted by atomic mass is 16.6. The molecule has 0 aliphatic rings. The molecule has 7 nitrogen and oxygen atoms in total. The lowest BCUT2D eigenvalue weighted by Gasteiger charge is -2.08. The topological polar surface area (TPSA) is 95.5 Å². The average Bonchev–Trinajstić information content (AvgIpc) is 2.51. The van der Waals surface area contributed by atoms with Gasteiger partial charge in [-0.2, -0.15) is 0 Å². The number of nitro groups is 2. The smallest absolute Gasteiger partial charge is 0.280 e. The van der Waals surface area contributed by atoms with Crippen LogP contribution in [-0.4, -0.2) is 9.85 Å². The number of benzene rings is 2. The number of para-hydroxylation sites is 1. The lowest BCUT2D eigenvalue weighted by Crippen LogP contribution is -1.95. The molecule has 0 aliphatic heterocycles. The Balaban J connectivity index is 0.00000116. The largest absolute Gasteiger partial charge is 0.457 e. The summed E-state index contributed by atoms with van der Waals surface area (Å²) in [5.41, 5.74) is 0.0484. The summed E-state index contributed by atoms with van der Waals surface area (Å²) in [7, 11) is 0. The van der Waals surface area contributed by atoms with Crippen LogP contribution in [0.15, 0.2) is 42.5 Å². The molecule has 116 valence electrons. The monoisotopic (exact) mass is 304 g/mol. The second-order valence-electron chi connectivity index (χ2n) is 4.07. The third kappa shape index (κ3) is 4.27. The normalized spacial score (nSPS) is 9.41. The van der Waals surface area contributed by atoms with Gasteiger partial charge in [-0.3, -0.25) is 20.2 Å². The second kappa shape index (κ2) is 7.72. The standard InChI is InChI=1S/C13H10N2O5.C2H6/c1-9-4-2-3-5-13(9)20-12-7-10(14(16)17)6-11(8-12)15(18)19;1-2/h2-8H,1H3;1-2H3. The van der Waals surface area contributed by atoms with Crippen LogP contribution in [-0.2, 0) is 0 Å². The molecule has 0 saturated carbocycles. The molecule has 2 rings (SSSR count). The number of rotatable bonds is 4. The summed E-state index contributed by atoms with van der Waals surface area (Å²) in [4.78, 5) is 20.2. The van der Waals surface area contributed by atoms with Crippen LogP contribution in [0.4, 0.5) is 11.4 Å². The third-order valence-electron chi connectivity index (χ3n) is 2.62. The van der Waals surface area contributed by atoms with E-state index in [9.17, 15) is 20.2 Å². The Bertz CT molecular complexity index is 653. The summed E-state index contributed by atoms with van der Waals surface area (Å²) in [5, 5.41) is 21.5. The van der Waals surface area contributed by atoms with Crippen LogP contribution in [0.25, 0.3) is 0 Å². The highest BCUT2D eigenvalue weighted by Crippen LogP contribution is 2.31. The van der Waals surface area contributed by atoms with Crippen molar-refractivity contribution in [3.8, 4) is 11.5 Å². The number of nitrogens with zero attached hydrogens (tertiary/aromatic N) is 2. The van der Waals surface area contributed by atoms with Gasteiger partial charge < -0.3 is 4.74 Å². The minimum Gasteiger partial charge on any atom is -0.457 e. The Kier molecular flexibility index (Phi) is 6.00. The van der Waals surface area contributed by atoms with Gasteiger partial charge in [0.15, 0.2) is 0 Å². The Labute approximate surface area is 127 Å². The number of aryl methyl sites for hydroxylation is 1. The quantitative estimate of drug-likeness (QED) is 0.606. The van der Waals surface area contributed by atoms with Crippen molar-refractivity contribution in [2.75, 3.05) is 0 Å². The fourth-order valence-electron chi connectivity index (χ4n) is 1.64. The molecule has 0 aliphatic carbocycles. The predicted octanol–water partition coefficient (Wildman–Crippen LogP) is 4.63. The van der Waals surface area contributed by atoms with Crippen LogP contribution in [0.5, 0.6) is 11.5 Å². The first kappa shape index (κ1) is 17.1. The second-order valence-corrected chi connectivity index (χ2v) is 4.07. The molecule has 0 aromatic heterocycles. The van der Waals surface area contributed by atoms with E-state index in [0.717, 1.165) is 23.8 Å². The van der Waals surface area contributed by atoms with Crippen molar-refractivity contribution < 1.29 is 14.6 Å². The number of hydrogen-bond donors (Lipinski definition) is 0. The Hall–Kier alpha value is -2.96. The fraction of sp³-hybridized carbons (Fsp3) is 0.200. The van der Waals surface area contributed by atoms with Crippen LogP contribution in [0, 0.1) is 27.2 Å². The summed E-state index contributed by atoms with van der Waals surface area (Å²) >= 11 is 0. The lowest BCUT2D eigenvalue weighted by molar-refractivity contribution is -0.394. The van der Waals surface area contributed by atoms with Gasteiger partial charge in [-0.05, 0) is 18.6 Å². The van der Waals surface area contributed by atoms with E-state index in [1.807, 2.05) is 19.9 Å². The fourth-order valence-corrected chi connectivity index (χ4v) is 1.64. The van der Waals surface area contributed by atoms with Gasteiger partial charge in [0, 0.05) is 0 Å². The highest BCUT2D eigenvalue weighted by Gasteiger charge is 2.17. The Morgan fingerprint density at radius 3 is 1.86 bits per heavy atom. The molecule has 0 heterocycles. The summed E-state index contributed by atoms with van der Waals surface area (Å²) < 4.78 is 5.48. The van der Waals surface area contributed by atoms with Crippen molar-refractivity contribution in [2.45, 2.75) is 20.8 Å². The minimum absolute atomic E-state index is 0.0557. The summed E-state index contributed by atoms with van der Waals surface area (Å²) in [6.45, 7) is 5.81. The molecule has 0 unspecified atom stereocenters. The number of nitro benzene ring substituents is 2. The molecule has 22 heavy (non-hydrogen) atoms. The zero-order chi connectivity index (χ0) is 16.7. The maximum absolute atomic E-state index is 10.8. The summed E-state index contributed by atoms with van der Waals surface area (Å²) in [5.74, 6) is 0.544. The molecule has 0 radical (unpaired) electrons. The average molecular weight is 304 g/mol. The number of ether oxygens (including phenoxy) is 1.